The monoisotopic (exact) mass is 146 g/mol. The standard InChI is InChI=1S/C6H10O2S/c7-2-1-6-5-9-4-3-8-6/h2,6H,1,3-5H2. The first-order valence-corrected chi connectivity index (χ1v) is 4.22. The third-order valence-corrected chi connectivity index (χ3v) is 2.31. The molecule has 52 valence electrons. The average Bonchev–Trinajstić information content (AvgIpc) is 1.91. The Hall–Kier alpha value is -0.0200. The van der Waals surface area contributed by atoms with Gasteiger partial charge in [-0.05, 0) is 0 Å². The molecule has 1 saturated heterocycles. The highest BCUT2D eigenvalue weighted by molar-refractivity contribution is 7.99. The van der Waals surface area contributed by atoms with Crippen molar-refractivity contribution in [3.63, 3.8) is 0 Å². The third-order valence-electron chi connectivity index (χ3n) is 1.24. The second-order valence-electron chi connectivity index (χ2n) is 1.97. The molecule has 1 unspecified atom stereocenters. The Morgan fingerprint density at radius 1 is 1.78 bits per heavy atom. The first kappa shape index (κ1) is 7.09. The van der Waals surface area contributed by atoms with E-state index in [1.165, 1.54) is 0 Å². The van der Waals surface area contributed by atoms with E-state index in [1.807, 2.05) is 11.8 Å². The fourth-order valence-corrected chi connectivity index (χ4v) is 1.66. The predicted octanol–water partition coefficient (Wildman–Crippen LogP) is 0.707. The zero-order chi connectivity index (χ0) is 6.53. The van der Waals surface area contributed by atoms with E-state index in [9.17, 15) is 4.79 Å². The molecule has 0 saturated carbocycles. The lowest BCUT2D eigenvalue weighted by molar-refractivity contribution is -0.110. The van der Waals surface area contributed by atoms with Crippen molar-refractivity contribution < 1.29 is 9.53 Å². The molecular weight excluding hydrogens is 136 g/mol. The van der Waals surface area contributed by atoms with E-state index in [-0.39, 0.29) is 6.10 Å². The zero-order valence-electron chi connectivity index (χ0n) is 5.21. The van der Waals surface area contributed by atoms with Gasteiger partial charge in [-0.1, -0.05) is 0 Å². The largest absolute Gasteiger partial charge is 0.376 e. The summed E-state index contributed by atoms with van der Waals surface area (Å²) in [5.74, 6) is 2.06. The van der Waals surface area contributed by atoms with Crippen molar-refractivity contribution in [2.45, 2.75) is 12.5 Å². The van der Waals surface area contributed by atoms with Gasteiger partial charge in [-0.25, -0.2) is 0 Å². The minimum absolute atomic E-state index is 0.196. The van der Waals surface area contributed by atoms with Gasteiger partial charge in [0.2, 0.25) is 0 Å². The van der Waals surface area contributed by atoms with Gasteiger partial charge in [-0.15, -0.1) is 0 Å². The normalized spacial score (nSPS) is 27.8. The fourth-order valence-electron chi connectivity index (χ4n) is 0.780. The van der Waals surface area contributed by atoms with E-state index < -0.39 is 0 Å². The van der Waals surface area contributed by atoms with Crippen LogP contribution in [-0.2, 0) is 9.53 Å². The first-order chi connectivity index (χ1) is 4.43. The predicted molar refractivity (Wildman–Crippen MR) is 37.7 cm³/mol. The van der Waals surface area contributed by atoms with Crippen molar-refractivity contribution in [2.75, 3.05) is 18.1 Å². The highest BCUT2D eigenvalue weighted by Gasteiger charge is 2.12. The van der Waals surface area contributed by atoms with Crippen LogP contribution in [0.15, 0.2) is 0 Å². The number of carbonyl (C=O) groups excluding carboxylic acids is 1. The highest BCUT2D eigenvalue weighted by Crippen LogP contribution is 2.13. The van der Waals surface area contributed by atoms with Crippen LogP contribution in [0.25, 0.3) is 0 Å². The molecule has 1 atom stereocenters. The number of rotatable bonds is 2. The maximum Gasteiger partial charge on any atom is 0.122 e. The number of thioether (sulfide) groups is 1. The van der Waals surface area contributed by atoms with Crippen molar-refractivity contribution in [1.29, 1.82) is 0 Å². The zero-order valence-corrected chi connectivity index (χ0v) is 6.02. The maximum atomic E-state index is 9.98. The Labute approximate surface area is 59.0 Å². The maximum absolute atomic E-state index is 9.98. The van der Waals surface area contributed by atoms with Crippen molar-refractivity contribution in [3.8, 4) is 0 Å². The highest BCUT2D eigenvalue weighted by atomic mass is 32.2. The van der Waals surface area contributed by atoms with Crippen LogP contribution in [0.3, 0.4) is 0 Å². The summed E-state index contributed by atoms with van der Waals surface area (Å²) in [6.07, 6.45) is 1.69. The molecule has 0 aromatic heterocycles. The number of ether oxygens (including phenoxy) is 1. The molecule has 1 heterocycles. The van der Waals surface area contributed by atoms with Crippen molar-refractivity contribution in [2.24, 2.45) is 0 Å². The first-order valence-electron chi connectivity index (χ1n) is 3.06. The van der Waals surface area contributed by atoms with Crippen LogP contribution in [0.5, 0.6) is 0 Å². The molecule has 0 N–H and O–H groups in total. The summed E-state index contributed by atoms with van der Waals surface area (Å²) in [5, 5.41) is 0. The number of hydrogen-bond acceptors (Lipinski definition) is 3. The molecular formula is C6H10O2S. The second kappa shape index (κ2) is 3.90. The Morgan fingerprint density at radius 3 is 3.22 bits per heavy atom. The summed E-state index contributed by atoms with van der Waals surface area (Å²) in [7, 11) is 0. The lowest BCUT2D eigenvalue weighted by atomic mass is 10.3. The molecule has 0 aliphatic carbocycles. The van der Waals surface area contributed by atoms with E-state index in [4.69, 9.17) is 4.74 Å². The molecule has 1 fully saturated rings. The van der Waals surface area contributed by atoms with Crippen LogP contribution in [0, 0.1) is 0 Å². The van der Waals surface area contributed by atoms with Crippen molar-refractivity contribution >= 4 is 18.0 Å². The summed E-state index contributed by atoms with van der Waals surface area (Å²) >= 11 is 1.86. The minimum atomic E-state index is 0.196. The smallest absolute Gasteiger partial charge is 0.122 e. The van der Waals surface area contributed by atoms with Gasteiger partial charge < -0.3 is 9.53 Å². The van der Waals surface area contributed by atoms with Crippen molar-refractivity contribution in [1.82, 2.24) is 0 Å². The summed E-state index contributed by atoms with van der Waals surface area (Å²) in [4.78, 5) is 9.98. The molecule has 0 aromatic rings. The van der Waals surface area contributed by atoms with Crippen LogP contribution in [-0.4, -0.2) is 30.5 Å². The van der Waals surface area contributed by atoms with Crippen LogP contribution >= 0.6 is 11.8 Å². The average molecular weight is 146 g/mol. The van der Waals surface area contributed by atoms with Gasteiger partial charge in [-0.3, -0.25) is 0 Å². The molecule has 2 nitrogen and oxygen atoms in total. The molecule has 1 rings (SSSR count). The minimum Gasteiger partial charge on any atom is -0.376 e. The Bertz CT molecular complexity index is 89.1. The van der Waals surface area contributed by atoms with E-state index in [0.29, 0.717) is 6.42 Å². The quantitative estimate of drug-likeness (QED) is 0.537. The summed E-state index contributed by atoms with van der Waals surface area (Å²) in [6.45, 7) is 0.809. The van der Waals surface area contributed by atoms with E-state index in [2.05, 4.69) is 0 Å². The third kappa shape index (κ3) is 2.37. The van der Waals surface area contributed by atoms with E-state index in [0.717, 1.165) is 24.4 Å². The SMILES string of the molecule is O=CCC1CSCCO1. The van der Waals surface area contributed by atoms with Gasteiger partial charge in [-0.2, -0.15) is 11.8 Å². The molecule has 1 aliphatic rings. The lowest BCUT2D eigenvalue weighted by Gasteiger charge is -2.19. The van der Waals surface area contributed by atoms with E-state index in [1.54, 1.807) is 0 Å². The Morgan fingerprint density at radius 2 is 2.67 bits per heavy atom. The Kier molecular flexibility index (Phi) is 3.08. The summed E-state index contributed by atoms with van der Waals surface area (Å²) in [6, 6.07) is 0. The lowest BCUT2D eigenvalue weighted by Crippen LogP contribution is -2.23. The summed E-state index contributed by atoms with van der Waals surface area (Å²) < 4.78 is 5.27. The molecule has 0 bridgehead atoms. The molecule has 0 aromatic carbocycles. The summed E-state index contributed by atoms with van der Waals surface area (Å²) in [5.41, 5.74) is 0. The van der Waals surface area contributed by atoms with Crippen LogP contribution in [0.2, 0.25) is 0 Å². The van der Waals surface area contributed by atoms with Crippen LogP contribution in [0.1, 0.15) is 6.42 Å². The molecule has 1 aliphatic heterocycles. The van der Waals surface area contributed by atoms with Gasteiger partial charge in [0.15, 0.2) is 0 Å². The second-order valence-corrected chi connectivity index (χ2v) is 3.12. The van der Waals surface area contributed by atoms with Crippen molar-refractivity contribution in [3.05, 3.63) is 0 Å². The molecule has 0 amide bonds. The molecule has 0 spiro atoms. The fraction of sp³-hybridized carbons (Fsp3) is 0.833. The van der Waals surface area contributed by atoms with Crippen LogP contribution in [0.4, 0.5) is 0 Å². The number of carbonyl (C=O) groups is 1. The van der Waals surface area contributed by atoms with E-state index >= 15 is 0 Å². The number of aldehydes is 1. The van der Waals surface area contributed by atoms with Crippen LogP contribution < -0.4 is 0 Å². The van der Waals surface area contributed by atoms with Gasteiger partial charge >= 0.3 is 0 Å². The topological polar surface area (TPSA) is 26.3 Å². The van der Waals surface area contributed by atoms with Gasteiger partial charge in [0, 0.05) is 17.9 Å². The molecule has 3 heteroatoms. The number of hydrogen-bond donors (Lipinski definition) is 0. The van der Waals surface area contributed by atoms with Gasteiger partial charge in [0.25, 0.3) is 0 Å². The molecule has 0 radical (unpaired) electrons. The Balaban J connectivity index is 2.15. The van der Waals surface area contributed by atoms with Gasteiger partial charge in [0.05, 0.1) is 12.7 Å². The van der Waals surface area contributed by atoms with Gasteiger partial charge in [0.1, 0.15) is 6.29 Å². The molecule has 9 heavy (non-hydrogen) atoms.